The molecule has 0 aromatic carbocycles. The average Bonchev–Trinajstić information content (AvgIpc) is 2.58. The monoisotopic (exact) mass is 168 g/mol. The quantitative estimate of drug-likeness (QED) is 0.640. The Labute approximate surface area is 75.5 Å². The number of hydrogen-bond donors (Lipinski definition) is 1. The van der Waals surface area contributed by atoms with Gasteiger partial charge in [0.2, 0.25) is 0 Å². The van der Waals surface area contributed by atoms with Crippen LogP contribution in [0.4, 0.5) is 0 Å². The van der Waals surface area contributed by atoms with Gasteiger partial charge in [0.25, 0.3) is 0 Å². The SMILES string of the molecule is CCC(CC)C(O)C1=CCCC1. The van der Waals surface area contributed by atoms with E-state index in [1.165, 1.54) is 18.4 Å². The van der Waals surface area contributed by atoms with Crippen molar-refractivity contribution in [2.75, 3.05) is 0 Å². The van der Waals surface area contributed by atoms with Crippen LogP contribution in [0.15, 0.2) is 11.6 Å². The first-order chi connectivity index (χ1) is 5.79. The summed E-state index contributed by atoms with van der Waals surface area (Å²) in [4.78, 5) is 0. The van der Waals surface area contributed by atoms with Crippen LogP contribution in [0.2, 0.25) is 0 Å². The zero-order valence-electron chi connectivity index (χ0n) is 8.21. The molecule has 12 heavy (non-hydrogen) atoms. The van der Waals surface area contributed by atoms with Gasteiger partial charge in [-0.05, 0) is 30.8 Å². The molecule has 1 rings (SSSR count). The minimum atomic E-state index is -0.150. The van der Waals surface area contributed by atoms with Gasteiger partial charge in [0.15, 0.2) is 0 Å². The fourth-order valence-corrected chi connectivity index (χ4v) is 2.00. The second-order valence-electron chi connectivity index (χ2n) is 3.69. The molecule has 0 fully saturated rings. The lowest BCUT2D eigenvalue weighted by molar-refractivity contribution is 0.133. The predicted molar refractivity (Wildman–Crippen MR) is 52.0 cm³/mol. The Kier molecular flexibility index (Phi) is 3.80. The number of allylic oxidation sites excluding steroid dienone is 1. The summed E-state index contributed by atoms with van der Waals surface area (Å²) < 4.78 is 0. The maximum absolute atomic E-state index is 9.94. The molecule has 0 heterocycles. The van der Waals surface area contributed by atoms with Gasteiger partial charge in [0, 0.05) is 0 Å². The molecule has 0 bridgehead atoms. The third-order valence-electron chi connectivity index (χ3n) is 2.95. The molecule has 0 saturated carbocycles. The smallest absolute Gasteiger partial charge is 0.0778 e. The van der Waals surface area contributed by atoms with E-state index in [0.29, 0.717) is 5.92 Å². The van der Waals surface area contributed by atoms with E-state index in [4.69, 9.17) is 0 Å². The molecule has 70 valence electrons. The van der Waals surface area contributed by atoms with Crippen LogP contribution in [0, 0.1) is 5.92 Å². The lowest BCUT2D eigenvalue weighted by Crippen LogP contribution is -2.20. The number of aliphatic hydroxyl groups is 1. The Bertz CT molecular complexity index is 156. The zero-order valence-corrected chi connectivity index (χ0v) is 8.21. The highest BCUT2D eigenvalue weighted by molar-refractivity contribution is 5.13. The number of rotatable bonds is 4. The van der Waals surface area contributed by atoms with E-state index in [9.17, 15) is 5.11 Å². The Hall–Kier alpha value is -0.300. The Balaban J connectivity index is 2.49. The second-order valence-corrected chi connectivity index (χ2v) is 3.69. The van der Waals surface area contributed by atoms with Crippen LogP contribution < -0.4 is 0 Å². The van der Waals surface area contributed by atoms with E-state index in [1.807, 2.05) is 0 Å². The van der Waals surface area contributed by atoms with Gasteiger partial charge in [0.05, 0.1) is 6.10 Å². The molecule has 1 aliphatic carbocycles. The molecule has 1 atom stereocenters. The van der Waals surface area contributed by atoms with Crippen LogP contribution in [0.3, 0.4) is 0 Å². The fraction of sp³-hybridized carbons (Fsp3) is 0.818. The minimum absolute atomic E-state index is 0.150. The molecule has 0 radical (unpaired) electrons. The predicted octanol–water partition coefficient (Wildman–Crippen LogP) is 2.89. The highest BCUT2D eigenvalue weighted by atomic mass is 16.3. The van der Waals surface area contributed by atoms with Crippen LogP contribution in [-0.4, -0.2) is 11.2 Å². The summed E-state index contributed by atoms with van der Waals surface area (Å²) >= 11 is 0. The third kappa shape index (κ3) is 2.10. The molecule has 1 aliphatic rings. The first kappa shape index (κ1) is 9.79. The van der Waals surface area contributed by atoms with E-state index < -0.39 is 0 Å². The summed E-state index contributed by atoms with van der Waals surface area (Å²) in [6.45, 7) is 4.32. The van der Waals surface area contributed by atoms with Gasteiger partial charge < -0.3 is 5.11 Å². The summed E-state index contributed by atoms with van der Waals surface area (Å²) in [5.74, 6) is 0.481. The highest BCUT2D eigenvalue weighted by Crippen LogP contribution is 2.27. The van der Waals surface area contributed by atoms with Crippen molar-refractivity contribution in [3.63, 3.8) is 0 Å². The molecule has 0 amide bonds. The van der Waals surface area contributed by atoms with E-state index in [-0.39, 0.29) is 6.10 Å². The van der Waals surface area contributed by atoms with Crippen molar-refractivity contribution in [2.24, 2.45) is 5.92 Å². The summed E-state index contributed by atoms with van der Waals surface area (Å²) in [5, 5.41) is 9.94. The van der Waals surface area contributed by atoms with Crippen molar-refractivity contribution in [3.05, 3.63) is 11.6 Å². The van der Waals surface area contributed by atoms with Crippen molar-refractivity contribution in [1.29, 1.82) is 0 Å². The summed E-state index contributed by atoms with van der Waals surface area (Å²) in [6.07, 6.45) is 7.80. The first-order valence-corrected chi connectivity index (χ1v) is 5.16. The largest absolute Gasteiger partial charge is 0.388 e. The molecule has 1 nitrogen and oxygen atoms in total. The van der Waals surface area contributed by atoms with Crippen LogP contribution in [0.25, 0.3) is 0 Å². The van der Waals surface area contributed by atoms with Gasteiger partial charge in [-0.1, -0.05) is 32.8 Å². The van der Waals surface area contributed by atoms with E-state index >= 15 is 0 Å². The van der Waals surface area contributed by atoms with Crippen molar-refractivity contribution >= 4 is 0 Å². The van der Waals surface area contributed by atoms with Gasteiger partial charge in [-0.3, -0.25) is 0 Å². The molecule has 0 spiro atoms. The third-order valence-corrected chi connectivity index (χ3v) is 2.95. The average molecular weight is 168 g/mol. The van der Waals surface area contributed by atoms with Gasteiger partial charge in [-0.2, -0.15) is 0 Å². The minimum Gasteiger partial charge on any atom is -0.388 e. The molecule has 0 aliphatic heterocycles. The van der Waals surface area contributed by atoms with Crippen molar-refractivity contribution in [3.8, 4) is 0 Å². The second kappa shape index (κ2) is 4.66. The molecule has 1 unspecified atom stereocenters. The van der Waals surface area contributed by atoms with E-state index in [2.05, 4.69) is 19.9 Å². The normalized spacial score (nSPS) is 19.8. The van der Waals surface area contributed by atoms with Gasteiger partial charge in [0.1, 0.15) is 0 Å². The first-order valence-electron chi connectivity index (χ1n) is 5.16. The Morgan fingerprint density at radius 3 is 2.50 bits per heavy atom. The van der Waals surface area contributed by atoms with E-state index in [1.54, 1.807) is 0 Å². The van der Waals surface area contributed by atoms with Crippen LogP contribution in [-0.2, 0) is 0 Å². The molecule has 0 aromatic rings. The lowest BCUT2D eigenvalue weighted by Gasteiger charge is -2.21. The van der Waals surface area contributed by atoms with Crippen molar-refractivity contribution in [2.45, 2.75) is 52.1 Å². The molecule has 1 N–H and O–H groups in total. The maximum Gasteiger partial charge on any atom is 0.0778 e. The van der Waals surface area contributed by atoms with E-state index in [0.717, 1.165) is 19.3 Å². The number of aliphatic hydroxyl groups excluding tert-OH is 1. The Morgan fingerprint density at radius 2 is 2.08 bits per heavy atom. The van der Waals surface area contributed by atoms with Crippen LogP contribution in [0.5, 0.6) is 0 Å². The lowest BCUT2D eigenvalue weighted by atomic mass is 9.91. The molecule has 0 aromatic heterocycles. The standard InChI is InChI=1S/C11H20O/c1-3-9(4-2)11(12)10-7-5-6-8-10/h7,9,11-12H,3-6,8H2,1-2H3. The zero-order chi connectivity index (χ0) is 8.97. The summed E-state index contributed by atoms with van der Waals surface area (Å²) in [6, 6.07) is 0. The molecular weight excluding hydrogens is 148 g/mol. The van der Waals surface area contributed by atoms with Crippen LogP contribution in [0.1, 0.15) is 46.0 Å². The molecule has 0 saturated heterocycles. The Morgan fingerprint density at radius 1 is 1.42 bits per heavy atom. The molecule has 1 heteroatoms. The number of hydrogen-bond acceptors (Lipinski definition) is 1. The maximum atomic E-state index is 9.94. The van der Waals surface area contributed by atoms with Gasteiger partial charge >= 0.3 is 0 Å². The summed E-state index contributed by atoms with van der Waals surface area (Å²) in [5.41, 5.74) is 1.30. The highest BCUT2D eigenvalue weighted by Gasteiger charge is 2.20. The van der Waals surface area contributed by atoms with Gasteiger partial charge in [-0.25, -0.2) is 0 Å². The topological polar surface area (TPSA) is 20.2 Å². The fourth-order valence-electron chi connectivity index (χ4n) is 2.00. The summed E-state index contributed by atoms with van der Waals surface area (Å²) in [7, 11) is 0. The van der Waals surface area contributed by atoms with Gasteiger partial charge in [-0.15, -0.1) is 0 Å². The van der Waals surface area contributed by atoms with Crippen LogP contribution >= 0.6 is 0 Å². The molecular formula is C11H20O. The van der Waals surface area contributed by atoms with Crippen molar-refractivity contribution in [1.82, 2.24) is 0 Å². The van der Waals surface area contributed by atoms with Crippen molar-refractivity contribution < 1.29 is 5.11 Å².